The van der Waals surface area contributed by atoms with E-state index in [4.69, 9.17) is 10.5 Å². The first kappa shape index (κ1) is 11.3. The normalized spacial score (nSPS) is 26.0. The number of likely N-dealkylation sites (tertiary alicyclic amines) is 1. The molecule has 1 rings (SSSR count). The Balaban J connectivity index is 2.79. The molecule has 1 fully saturated rings. The number of hydrogen-bond donors (Lipinski definition) is 1. The summed E-state index contributed by atoms with van der Waals surface area (Å²) in [4.78, 5) is 13.3. The summed E-state index contributed by atoms with van der Waals surface area (Å²) < 4.78 is 4.76. The summed E-state index contributed by atoms with van der Waals surface area (Å²) >= 11 is 0. The van der Waals surface area contributed by atoms with E-state index in [0.717, 1.165) is 19.4 Å². The monoisotopic (exact) mass is 200 g/mol. The average Bonchev–Trinajstić information content (AvgIpc) is 2.16. The molecule has 4 heteroatoms. The standard InChI is InChI=1S/C10H20N2O2/c1-10(2)8(7-11)5-4-6-12(10)9(13)14-3/h8H,4-7,11H2,1-3H3. The maximum absolute atomic E-state index is 11.5. The quantitative estimate of drug-likeness (QED) is 0.692. The van der Waals surface area contributed by atoms with Gasteiger partial charge in [0.1, 0.15) is 0 Å². The van der Waals surface area contributed by atoms with Crippen LogP contribution in [0.4, 0.5) is 4.79 Å². The zero-order chi connectivity index (χ0) is 10.8. The first-order valence-corrected chi connectivity index (χ1v) is 5.09. The molecule has 0 aromatic carbocycles. The number of hydrogen-bond acceptors (Lipinski definition) is 3. The number of nitrogens with zero attached hydrogens (tertiary/aromatic N) is 1. The fraction of sp³-hybridized carbons (Fsp3) is 0.900. The number of methoxy groups -OCH3 is 1. The second kappa shape index (κ2) is 4.17. The largest absolute Gasteiger partial charge is 0.453 e. The number of ether oxygens (including phenoxy) is 1. The van der Waals surface area contributed by atoms with Crippen LogP contribution in [-0.4, -0.2) is 36.7 Å². The van der Waals surface area contributed by atoms with Crippen molar-refractivity contribution in [3.8, 4) is 0 Å². The fourth-order valence-corrected chi connectivity index (χ4v) is 2.20. The van der Waals surface area contributed by atoms with Crippen LogP contribution in [0, 0.1) is 5.92 Å². The molecule has 2 N–H and O–H groups in total. The molecule has 1 amide bonds. The molecule has 14 heavy (non-hydrogen) atoms. The van der Waals surface area contributed by atoms with Gasteiger partial charge in [-0.05, 0) is 39.2 Å². The molecule has 0 radical (unpaired) electrons. The van der Waals surface area contributed by atoms with Gasteiger partial charge in [-0.15, -0.1) is 0 Å². The number of amides is 1. The van der Waals surface area contributed by atoms with Crippen molar-refractivity contribution in [2.75, 3.05) is 20.2 Å². The second-order valence-electron chi connectivity index (χ2n) is 4.35. The summed E-state index contributed by atoms with van der Waals surface area (Å²) in [7, 11) is 1.42. The van der Waals surface area contributed by atoms with Gasteiger partial charge >= 0.3 is 6.09 Å². The van der Waals surface area contributed by atoms with Crippen molar-refractivity contribution in [3.05, 3.63) is 0 Å². The van der Waals surface area contributed by atoms with Crippen molar-refractivity contribution in [1.29, 1.82) is 0 Å². The molecular weight excluding hydrogens is 180 g/mol. The van der Waals surface area contributed by atoms with Crippen molar-refractivity contribution in [2.45, 2.75) is 32.2 Å². The lowest BCUT2D eigenvalue weighted by molar-refractivity contribution is 0.0227. The number of rotatable bonds is 1. The lowest BCUT2D eigenvalue weighted by Crippen LogP contribution is -2.57. The van der Waals surface area contributed by atoms with Gasteiger partial charge in [0.15, 0.2) is 0 Å². The minimum atomic E-state index is -0.242. The molecule has 1 heterocycles. The maximum atomic E-state index is 11.5. The first-order chi connectivity index (χ1) is 6.54. The Hall–Kier alpha value is -0.770. The molecule has 1 unspecified atom stereocenters. The molecule has 1 saturated heterocycles. The Labute approximate surface area is 85.4 Å². The highest BCUT2D eigenvalue weighted by atomic mass is 16.5. The average molecular weight is 200 g/mol. The zero-order valence-electron chi connectivity index (χ0n) is 9.25. The molecule has 0 aromatic rings. The van der Waals surface area contributed by atoms with E-state index in [-0.39, 0.29) is 11.6 Å². The van der Waals surface area contributed by atoms with Crippen LogP contribution in [0.1, 0.15) is 26.7 Å². The highest BCUT2D eigenvalue weighted by molar-refractivity contribution is 5.68. The minimum Gasteiger partial charge on any atom is -0.453 e. The molecule has 1 aliphatic heterocycles. The molecule has 0 spiro atoms. The van der Waals surface area contributed by atoms with E-state index in [1.807, 2.05) is 0 Å². The molecular formula is C10H20N2O2. The summed E-state index contributed by atoms with van der Waals surface area (Å²) in [6.45, 7) is 5.51. The van der Waals surface area contributed by atoms with Crippen molar-refractivity contribution in [3.63, 3.8) is 0 Å². The van der Waals surface area contributed by atoms with E-state index < -0.39 is 0 Å². The molecule has 1 atom stereocenters. The molecule has 0 aliphatic carbocycles. The van der Waals surface area contributed by atoms with Gasteiger partial charge in [0.2, 0.25) is 0 Å². The van der Waals surface area contributed by atoms with Crippen LogP contribution in [0.5, 0.6) is 0 Å². The predicted octanol–water partition coefficient (Wildman–Crippen LogP) is 1.20. The van der Waals surface area contributed by atoms with Crippen LogP contribution in [0.3, 0.4) is 0 Å². The third-order valence-electron chi connectivity index (χ3n) is 3.31. The smallest absolute Gasteiger partial charge is 0.409 e. The highest BCUT2D eigenvalue weighted by Crippen LogP contribution is 2.32. The Kier molecular flexibility index (Phi) is 3.37. The van der Waals surface area contributed by atoms with Crippen LogP contribution in [-0.2, 0) is 4.74 Å². The van der Waals surface area contributed by atoms with Crippen LogP contribution >= 0.6 is 0 Å². The Morgan fingerprint density at radius 1 is 1.64 bits per heavy atom. The van der Waals surface area contributed by atoms with E-state index >= 15 is 0 Å². The molecule has 1 aliphatic rings. The molecule has 0 saturated carbocycles. The van der Waals surface area contributed by atoms with Gasteiger partial charge in [-0.3, -0.25) is 0 Å². The summed E-state index contributed by atoms with van der Waals surface area (Å²) in [5.41, 5.74) is 5.52. The lowest BCUT2D eigenvalue weighted by Gasteiger charge is -2.46. The zero-order valence-corrected chi connectivity index (χ0v) is 9.25. The van der Waals surface area contributed by atoms with Gasteiger partial charge in [0.05, 0.1) is 7.11 Å². The Bertz CT molecular complexity index is 216. The fourth-order valence-electron chi connectivity index (χ4n) is 2.20. The first-order valence-electron chi connectivity index (χ1n) is 5.09. The molecule has 82 valence electrons. The number of piperidine rings is 1. The molecule has 0 aromatic heterocycles. The summed E-state index contributed by atoms with van der Waals surface area (Å²) in [5.74, 6) is 0.371. The van der Waals surface area contributed by atoms with E-state index in [1.165, 1.54) is 7.11 Å². The van der Waals surface area contributed by atoms with Gasteiger partial charge in [-0.2, -0.15) is 0 Å². The Morgan fingerprint density at radius 3 is 2.79 bits per heavy atom. The van der Waals surface area contributed by atoms with E-state index in [2.05, 4.69) is 13.8 Å². The van der Waals surface area contributed by atoms with E-state index in [9.17, 15) is 4.79 Å². The van der Waals surface area contributed by atoms with Crippen LogP contribution in [0.25, 0.3) is 0 Å². The van der Waals surface area contributed by atoms with Gasteiger partial charge in [-0.25, -0.2) is 4.79 Å². The highest BCUT2D eigenvalue weighted by Gasteiger charge is 2.40. The van der Waals surface area contributed by atoms with Crippen molar-refractivity contribution < 1.29 is 9.53 Å². The van der Waals surface area contributed by atoms with Crippen LogP contribution in [0.15, 0.2) is 0 Å². The van der Waals surface area contributed by atoms with Gasteiger partial charge in [0.25, 0.3) is 0 Å². The minimum absolute atomic E-state index is 0.180. The lowest BCUT2D eigenvalue weighted by atomic mass is 9.79. The van der Waals surface area contributed by atoms with Crippen LogP contribution in [0.2, 0.25) is 0 Å². The summed E-state index contributed by atoms with van der Waals surface area (Å²) in [6, 6.07) is 0. The maximum Gasteiger partial charge on any atom is 0.409 e. The van der Waals surface area contributed by atoms with Gasteiger partial charge in [-0.1, -0.05) is 0 Å². The summed E-state index contributed by atoms with van der Waals surface area (Å²) in [6.07, 6.45) is 1.87. The van der Waals surface area contributed by atoms with Gasteiger partial charge in [0, 0.05) is 12.1 Å². The SMILES string of the molecule is COC(=O)N1CCCC(CN)C1(C)C. The van der Waals surface area contributed by atoms with E-state index in [0.29, 0.717) is 12.5 Å². The third-order valence-corrected chi connectivity index (χ3v) is 3.31. The second-order valence-corrected chi connectivity index (χ2v) is 4.35. The van der Waals surface area contributed by atoms with Crippen molar-refractivity contribution >= 4 is 6.09 Å². The number of carbonyl (C=O) groups is 1. The Morgan fingerprint density at radius 2 is 2.29 bits per heavy atom. The van der Waals surface area contributed by atoms with Gasteiger partial charge < -0.3 is 15.4 Å². The summed E-state index contributed by atoms with van der Waals surface area (Å²) in [5, 5.41) is 0. The topological polar surface area (TPSA) is 55.6 Å². The van der Waals surface area contributed by atoms with E-state index in [1.54, 1.807) is 4.90 Å². The third kappa shape index (κ3) is 1.85. The number of nitrogens with two attached hydrogens (primary N) is 1. The van der Waals surface area contributed by atoms with Crippen molar-refractivity contribution in [1.82, 2.24) is 4.90 Å². The van der Waals surface area contributed by atoms with Crippen molar-refractivity contribution in [2.24, 2.45) is 11.7 Å². The molecule has 4 nitrogen and oxygen atoms in total. The number of carbonyl (C=O) groups excluding carboxylic acids is 1. The van der Waals surface area contributed by atoms with Crippen LogP contribution < -0.4 is 5.73 Å². The molecule has 0 bridgehead atoms. The predicted molar refractivity (Wildman–Crippen MR) is 55.0 cm³/mol.